The van der Waals surface area contributed by atoms with E-state index in [4.69, 9.17) is 15.2 Å². The summed E-state index contributed by atoms with van der Waals surface area (Å²) in [6.07, 6.45) is 4.82. The van der Waals surface area contributed by atoms with E-state index in [1.807, 2.05) is 60.4 Å². The molecule has 0 atom stereocenters. The molecular weight excluding hydrogens is 444 g/mol. The largest absolute Gasteiger partial charge is 0.292 e. The van der Waals surface area contributed by atoms with Gasteiger partial charge in [0.05, 0.1) is 34.2 Å². The van der Waals surface area contributed by atoms with Gasteiger partial charge in [-0.25, -0.2) is 9.36 Å². The minimum atomic E-state index is -0.0668. The van der Waals surface area contributed by atoms with E-state index in [1.54, 1.807) is 0 Å². The first kappa shape index (κ1) is 25.3. The monoisotopic (exact) mass is 480 g/mol. The predicted octanol–water partition coefficient (Wildman–Crippen LogP) is 6.21. The fourth-order valence-corrected chi connectivity index (χ4v) is 4.40. The lowest BCUT2D eigenvalue weighted by molar-refractivity contribution is 0.543. The van der Waals surface area contributed by atoms with E-state index in [-0.39, 0.29) is 5.41 Å². The smallest absolute Gasteiger partial charge is 0.0689 e. The van der Waals surface area contributed by atoms with Gasteiger partial charge in [0.25, 0.3) is 0 Å². The summed E-state index contributed by atoms with van der Waals surface area (Å²) in [5.74, 6) is 0. The minimum Gasteiger partial charge on any atom is -0.292 e. The first-order chi connectivity index (χ1) is 17.3. The van der Waals surface area contributed by atoms with Crippen molar-refractivity contribution < 1.29 is 0 Å². The summed E-state index contributed by atoms with van der Waals surface area (Å²) in [5.41, 5.74) is 8.51. The van der Waals surface area contributed by atoms with Crippen LogP contribution in [0.15, 0.2) is 70.6 Å². The topological polar surface area (TPSA) is 60.4 Å². The molecule has 0 N–H and O–H groups in total. The van der Waals surface area contributed by atoms with Crippen molar-refractivity contribution in [2.75, 3.05) is 13.1 Å². The highest BCUT2D eigenvalue weighted by Gasteiger charge is 2.26. The molecule has 0 unspecified atom stereocenters. The van der Waals surface area contributed by atoms with E-state index in [0.29, 0.717) is 0 Å². The standard InChI is InChI=1S/C30H36N6/c1-22-27(24(3)35(33-22)25-14-9-7-10-15-25)20-31-18-13-19-32-21-28-23(2)34-36(29(28)30(4,5)6)26-16-11-8-12-17-26/h7-12,14-17,20-21H,13,18-19H2,1-6H3. The van der Waals surface area contributed by atoms with Crippen molar-refractivity contribution in [1.29, 1.82) is 0 Å². The third-order valence-electron chi connectivity index (χ3n) is 6.18. The van der Waals surface area contributed by atoms with Gasteiger partial charge in [0.15, 0.2) is 0 Å². The maximum Gasteiger partial charge on any atom is 0.0689 e. The maximum atomic E-state index is 4.84. The molecule has 0 aliphatic carbocycles. The quantitative estimate of drug-likeness (QED) is 0.222. The molecule has 0 bridgehead atoms. The van der Waals surface area contributed by atoms with Gasteiger partial charge in [-0.15, -0.1) is 0 Å². The molecule has 0 amide bonds. The van der Waals surface area contributed by atoms with Crippen LogP contribution < -0.4 is 0 Å². The molecule has 2 aromatic carbocycles. The number of hydrogen-bond acceptors (Lipinski definition) is 4. The molecule has 6 nitrogen and oxygen atoms in total. The molecule has 2 heterocycles. The van der Waals surface area contributed by atoms with E-state index in [0.717, 1.165) is 59.1 Å². The van der Waals surface area contributed by atoms with Gasteiger partial charge in [-0.2, -0.15) is 10.2 Å². The number of benzene rings is 2. The predicted molar refractivity (Wildman–Crippen MR) is 150 cm³/mol. The molecule has 0 spiro atoms. The number of aromatic nitrogens is 4. The van der Waals surface area contributed by atoms with Crippen molar-refractivity contribution in [3.05, 3.63) is 94.6 Å². The van der Waals surface area contributed by atoms with E-state index < -0.39 is 0 Å². The van der Waals surface area contributed by atoms with Gasteiger partial charge >= 0.3 is 0 Å². The Labute approximate surface area is 214 Å². The number of hydrogen-bond donors (Lipinski definition) is 0. The molecule has 0 radical (unpaired) electrons. The minimum absolute atomic E-state index is 0.0668. The highest BCUT2D eigenvalue weighted by molar-refractivity contribution is 5.84. The average molecular weight is 481 g/mol. The van der Waals surface area contributed by atoms with Crippen LogP contribution in [0, 0.1) is 20.8 Å². The van der Waals surface area contributed by atoms with Gasteiger partial charge < -0.3 is 0 Å². The Kier molecular flexibility index (Phi) is 7.63. The van der Waals surface area contributed by atoms with Gasteiger partial charge in [0, 0.05) is 42.1 Å². The van der Waals surface area contributed by atoms with E-state index >= 15 is 0 Å². The second kappa shape index (κ2) is 10.9. The van der Waals surface area contributed by atoms with Crippen molar-refractivity contribution in [2.45, 2.75) is 53.4 Å². The fourth-order valence-electron chi connectivity index (χ4n) is 4.40. The highest BCUT2D eigenvalue weighted by atomic mass is 15.3. The number of para-hydroxylation sites is 2. The number of aryl methyl sites for hydroxylation is 2. The molecular formula is C30H36N6. The Hall–Kier alpha value is -3.80. The highest BCUT2D eigenvalue weighted by Crippen LogP contribution is 2.29. The molecule has 4 aromatic rings. The van der Waals surface area contributed by atoms with Crippen LogP contribution in [0.3, 0.4) is 0 Å². The SMILES string of the molecule is Cc1nn(-c2ccccc2)c(C)c1C=NCCCN=Cc1c(C)nn(-c2ccccc2)c1C(C)(C)C. The summed E-state index contributed by atoms with van der Waals surface area (Å²) in [6.45, 7) is 14.3. The second-order valence-electron chi connectivity index (χ2n) is 10.1. The third-order valence-corrected chi connectivity index (χ3v) is 6.18. The Bertz CT molecular complexity index is 1350. The second-order valence-corrected chi connectivity index (χ2v) is 10.1. The molecule has 4 rings (SSSR count). The van der Waals surface area contributed by atoms with Crippen LogP contribution in [-0.2, 0) is 5.41 Å². The van der Waals surface area contributed by atoms with Crippen LogP contribution in [0.25, 0.3) is 11.4 Å². The Balaban J connectivity index is 1.41. The molecule has 2 aromatic heterocycles. The van der Waals surface area contributed by atoms with Crippen LogP contribution in [0.5, 0.6) is 0 Å². The zero-order valence-electron chi connectivity index (χ0n) is 22.2. The molecule has 0 aliphatic rings. The average Bonchev–Trinajstić information content (AvgIpc) is 3.35. The zero-order valence-corrected chi connectivity index (χ0v) is 22.2. The molecule has 186 valence electrons. The van der Waals surface area contributed by atoms with Crippen LogP contribution in [-0.4, -0.2) is 45.1 Å². The lowest BCUT2D eigenvalue weighted by Crippen LogP contribution is -2.19. The normalized spacial score (nSPS) is 12.3. The summed E-state index contributed by atoms with van der Waals surface area (Å²) >= 11 is 0. The molecule has 36 heavy (non-hydrogen) atoms. The van der Waals surface area contributed by atoms with Crippen molar-refractivity contribution in [1.82, 2.24) is 19.6 Å². The maximum absolute atomic E-state index is 4.84. The Morgan fingerprint density at radius 3 is 1.72 bits per heavy atom. The summed E-state index contributed by atoms with van der Waals surface area (Å²) < 4.78 is 4.03. The Morgan fingerprint density at radius 2 is 1.17 bits per heavy atom. The van der Waals surface area contributed by atoms with Gasteiger partial charge in [-0.1, -0.05) is 57.2 Å². The van der Waals surface area contributed by atoms with Gasteiger partial charge in [-0.05, 0) is 51.5 Å². The van der Waals surface area contributed by atoms with Gasteiger partial charge in [0.1, 0.15) is 0 Å². The fraction of sp³-hybridized carbons (Fsp3) is 0.333. The van der Waals surface area contributed by atoms with Crippen molar-refractivity contribution >= 4 is 12.4 Å². The summed E-state index contributed by atoms with van der Waals surface area (Å²) in [7, 11) is 0. The van der Waals surface area contributed by atoms with E-state index in [1.165, 1.54) is 5.69 Å². The lowest BCUT2D eigenvalue weighted by atomic mass is 9.88. The van der Waals surface area contributed by atoms with Crippen LogP contribution in [0.4, 0.5) is 0 Å². The lowest BCUT2D eigenvalue weighted by Gasteiger charge is -2.21. The summed E-state index contributed by atoms with van der Waals surface area (Å²) in [5, 5.41) is 9.54. The number of rotatable bonds is 8. The molecule has 0 saturated carbocycles. The molecule has 6 heteroatoms. The van der Waals surface area contributed by atoms with Crippen LogP contribution in [0.1, 0.15) is 61.1 Å². The summed E-state index contributed by atoms with van der Waals surface area (Å²) in [4.78, 5) is 9.40. The zero-order chi connectivity index (χ0) is 25.7. The molecule has 0 saturated heterocycles. The van der Waals surface area contributed by atoms with Crippen LogP contribution >= 0.6 is 0 Å². The van der Waals surface area contributed by atoms with Crippen molar-refractivity contribution in [2.24, 2.45) is 9.98 Å². The van der Waals surface area contributed by atoms with E-state index in [9.17, 15) is 0 Å². The Morgan fingerprint density at radius 1 is 0.694 bits per heavy atom. The van der Waals surface area contributed by atoms with E-state index in [2.05, 4.69) is 68.6 Å². The first-order valence-electron chi connectivity index (χ1n) is 12.5. The third kappa shape index (κ3) is 5.54. The van der Waals surface area contributed by atoms with Gasteiger partial charge in [-0.3, -0.25) is 9.98 Å². The first-order valence-corrected chi connectivity index (χ1v) is 12.5. The number of aliphatic imine (C=N–C) groups is 2. The summed E-state index contributed by atoms with van der Waals surface area (Å²) in [6, 6.07) is 20.5. The van der Waals surface area contributed by atoms with Crippen molar-refractivity contribution in [3.8, 4) is 11.4 Å². The van der Waals surface area contributed by atoms with Gasteiger partial charge in [0.2, 0.25) is 0 Å². The van der Waals surface area contributed by atoms with Crippen LogP contribution in [0.2, 0.25) is 0 Å². The molecule has 0 aliphatic heterocycles. The molecule has 0 fully saturated rings. The van der Waals surface area contributed by atoms with Crippen molar-refractivity contribution in [3.63, 3.8) is 0 Å². The number of nitrogens with zero attached hydrogens (tertiary/aromatic N) is 6.